The van der Waals surface area contributed by atoms with E-state index in [-0.39, 0.29) is 42.9 Å². The maximum atomic E-state index is 14.5. The van der Waals surface area contributed by atoms with E-state index >= 15 is 0 Å². The predicted molar refractivity (Wildman–Crippen MR) is 210 cm³/mol. The van der Waals surface area contributed by atoms with E-state index in [9.17, 15) is 14.4 Å². The van der Waals surface area contributed by atoms with Gasteiger partial charge in [0.1, 0.15) is 5.52 Å². The number of amides is 1. The number of nitrogens with two attached hydrogens (primary N) is 2. The van der Waals surface area contributed by atoms with Crippen LogP contribution in [0.3, 0.4) is 0 Å². The molecule has 5 aromatic rings. The fourth-order valence-corrected chi connectivity index (χ4v) is 7.12. The Labute approximate surface area is 319 Å². The first kappa shape index (κ1) is 38.4. The monoisotopic (exact) mass is 748 g/mol. The molecule has 0 spiro atoms. The molecule has 11 nitrogen and oxygen atoms in total. The van der Waals surface area contributed by atoms with E-state index in [2.05, 4.69) is 15.3 Å². The van der Waals surface area contributed by atoms with Gasteiger partial charge in [0.05, 0.1) is 30.5 Å². The Morgan fingerprint density at radius 3 is 2.41 bits per heavy atom. The molecule has 12 heteroatoms. The highest BCUT2D eigenvalue weighted by atomic mass is 35.5. The number of halogens is 1. The molecule has 2 heterocycles. The van der Waals surface area contributed by atoms with Gasteiger partial charge < -0.3 is 30.8 Å². The number of carbonyl (C=O) groups is 3. The average Bonchev–Trinajstić information content (AvgIpc) is 3.81. The van der Waals surface area contributed by atoms with Crippen LogP contribution in [0.5, 0.6) is 0 Å². The van der Waals surface area contributed by atoms with Crippen molar-refractivity contribution < 1.29 is 23.5 Å². The number of benzene rings is 4. The minimum Gasteiger partial charge on any atom is -0.434 e. The number of aromatic nitrogens is 1. The van der Waals surface area contributed by atoms with Gasteiger partial charge in [-0.25, -0.2) is 9.98 Å². The van der Waals surface area contributed by atoms with E-state index in [0.29, 0.717) is 47.7 Å². The number of guanidine groups is 1. The lowest BCUT2D eigenvalue weighted by Crippen LogP contribution is -2.50. The van der Waals surface area contributed by atoms with E-state index in [0.717, 1.165) is 22.3 Å². The lowest BCUT2D eigenvalue weighted by molar-refractivity contribution is -0.139. The summed E-state index contributed by atoms with van der Waals surface area (Å²) < 4.78 is 12.2. The highest BCUT2D eigenvalue weighted by Crippen LogP contribution is 2.30. The van der Waals surface area contributed by atoms with Crippen LogP contribution in [0, 0.1) is 12.8 Å². The Balaban J connectivity index is 1.26. The molecular formula is C42H45ClN6O5. The number of oxazole rings is 1. The van der Waals surface area contributed by atoms with Crippen LogP contribution < -0.4 is 16.8 Å². The molecule has 1 saturated heterocycles. The number of likely N-dealkylation sites (tertiary alicyclic amines) is 1. The van der Waals surface area contributed by atoms with E-state index in [4.69, 9.17) is 32.2 Å². The van der Waals surface area contributed by atoms with Gasteiger partial charge in [-0.05, 0) is 85.8 Å². The maximum Gasteiger partial charge on any atom is 0.264 e. The molecule has 0 saturated carbocycles. The third kappa shape index (κ3) is 9.59. The van der Waals surface area contributed by atoms with Gasteiger partial charge in [0.25, 0.3) is 5.89 Å². The molecule has 280 valence electrons. The number of nitrogens with zero attached hydrogens (tertiary/aromatic N) is 3. The maximum absolute atomic E-state index is 14.5. The molecule has 6 rings (SSSR count). The Kier molecular flexibility index (Phi) is 12.5. The summed E-state index contributed by atoms with van der Waals surface area (Å²) in [6.07, 6.45) is 1.20. The summed E-state index contributed by atoms with van der Waals surface area (Å²) in [6, 6.07) is 28.6. The number of carbonyl (C=O) groups excluding carboxylic acids is 3. The van der Waals surface area contributed by atoms with Crippen LogP contribution in [-0.2, 0) is 33.8 Å². The first-order valence-corrected chi connectivity index (χ1v) is 18.4. The summed E-state index contributed by atoms with van der Waals surface area (Å²) in [5, 5.41) is 3.80. The van der Waals surface area contributed by atoms with Crippen LogP contribution in [0.4, 0.5) is 5.69 Å². The van der Waals surface area contributed by atoms with Crippen molar-refractivity contribution in [2.45, 2.75) is 63.8 Å². The highest BCUT2D eigenvalue weighted by Gasteiger charge is 2.43. The molecule has 54 heavy (non-hydrogen) atoms. The highest BCUT2D eigenvalue weighted by molar-refractivity contribution is 6.30. The van der Waals surface area contributed by atoms with Gasteiger partial charge in [-0.3, -0.25) is 14.4 Å². The summed E-state index contributed by atoms with van der Waals surface area (Å²) >= 11 is 6.09. The Morgan fingerprint density at radius 1 is 0.981 bits per heavy atom. The van der Waals surface area contributed by atoms with Gasteiger partial charge in [0, 0.05) is 30.3 Å². The molecule has 1 aliphatic heterocycles. The number of likely N-dealkylation sites (N-methyl/N-ethyl adjacent to an activating group) is 1. The third-order valence-corrected chi connectivity index (χ3v) is 10.1. The number of Topliss-reactive ketones (excluding diaryl/α,β-unsaturated/α-hetero) is 2. The van der Waals surface area contributed by atoms with Crippen molar-refractivity contribution in [2.75, 3.05) is 13.6 Å². The second-order valence-electron chi connectivity index (χ2n) is 13.7. The number of hydrogen-bond acceptors (Lipinski definition) is 8. The quantitative estimate of drug-likeness (QED) is 0.0614. The average molecular weight is 749 g/mol. The van der Waals surface area contributed by atoms with Crippen molar-refractivity contribution in [2.24, 2.45) is 22.4 Å². The SMILES string of the molecule is CN[C@H](CCc1ccccc1)C(=O)N1C[C@H](OCc2ccc(Cl)cc2)C[C@H]1C(=O)CC(Cc1ccc(N=C(N)N)c(C)c1)C(=O)c1nc2ccccc2o1. The second kappa shape index (κ2) is 17.6. The Morgan fingerprint density at radius 2 is 1.70 bits per heavy atom. The van der Waals surface area contributed by atoms with Crippen molar-refractivity contribution in [3.63, 3.8) is 0 Å². The zero-order valence-corrected chi connectivity index (χ0v) is 31.2. The summed E-state index contributed by atoms with van der Waals surface area (Å²) in [5.41, 5.74) is 16.5. The number of aliphatic imine (C=N–C) groups is 1. The first-order chi connectivity index (χ1) is 26.1. The molecule has 0 bridgehead atoms. The van der Waals surface area contributed by atoms with Crippen molar-refractivity contribution >= 4 is 51.8 Å². The second-order valence-corrected chi connectivity index (χ2v) is 14.2. The number of nitrogens with one attached hydrogen (secondary N) is 1. The largest absolute Gasteiger partial charge is 0.434 e. The van der Waals surface area contributed by atoms with Crippen molar-refractivity contribution in [1.82, 2.24) is 15.2 Å². The minimum atomic E-state index is -0.831. The zero-order valence-electron chi connectivity index (χ0n) is 30.4. The van der Waals surface area contributed by atoms with Crippen molar-refractivity contribution in [1.29, 1.82) is 0 Å². The number of rotatable bonds is 16. The molecule has 1 aliphatic rings. The molecule has 1 amide bonds. The van der Waals surface area contributed by atoms with E-state index in [1.54, 1.807) is 48.3 Å². The topological polar surface area (TPSA) is 166 Å². The summed E-state index contributed by atoms with van der Waals surface area (Å²) in [7, 11) is 1.75. The summed E-state index contributed by atoms with van der Waals surface area (Å²) in [4.78, 5) is 53.3. The molecule has 0 aliphatic carbocycles. The van der Waals surface area contributed by atoms with Gasteiger partial charge in [-0.15, -0.1) is 0 Å². The van der Waals surface area contributed by atoms with Gasteiger partial charge in [0.2, 0.25) is 11.7 Å². The molecule has 1 unspecified atom stereocenters. The number of fused-ring (bicyclic) bond motifs is 1. The number of aryl methyl sites for hydroxylation is 2. The number of para-hydroxylation sites is 2. The lowest BCUT2D eigenvalue weighted by atomic mass is 9.87. The Bertz CT molecular complexity index is 2080. The van der Waals surface area contributed by atoms with E-state index in [1.165, 1.54) is 0 Å². The molecular weight excluding hydrogens is 704 g/mol. The van der Waals surface area contributed by atoms with Crippen molar-refractivity contribution in [3.8, 4) is 0 Å². The van der Waals surface area contributed by atoms with Gasteiger partial charge in [0.15, 0.2) is 17.3 Å². The van der Waals surface area contributed by atoms with E-state index < -0.39 is 29.9 Å². The smallest absolute Gasteiger partial charge is 0.264 e. The number of ether oxygens (including phenoxy) is 1. The number of hydrogen-bond donors (Lipinski definition) is 3. The van der Waals surface area contributed by atoms with Crippen LogP contribution in [0.1, 0.15) is 52.2 Å². The zero-order chi connectivity index (χ0) is 38.2. The van der Waals surface area contributed by atoms with Gasteiger partial charge in [-0.2, -0.15) is 0 Å². The van der Waals surface area contributed by atoms with E-state index in [1.807, 2.05) is 67.6 Å². The fraction of sp³-hybridized carbons (Fsp3) is 0.310. The van der Waals surface area contributed by atoms with Gasteiger partial charge in [-0.1, -0.05) is 78.3 Å². The predicted octanol–water partition coefficient (Wildman–Crippen LogP) is 6.10. The number of ketones is 2. The van der Waals surface area contributed by atoms with Crippen LogP contribution in [-0.4, -0.2) is 65.1 Å². The molecule has 4 aromatic carbocycles. The standard InChI is InChI=1S/C42H45ClN6O5/c1-26-20-29(15-18-33(26)48-42(44)45)21-30(39(51)40-47-34-10-6-7-11-38(34)54-40)22-37(50)36-23-32(53-25-28-12-16-31(43)17-13-28)24-49(36)41(52)35(46-2)19-14-27-8-4-3-5-9-27/h3-13,15-18,20,30,32,35-36,46H,14,19,21-25H2,1-2H3,(H4,44,45,48)/t30?,32-,35-,36+/m1/s1. The third-order valence-electron chi connectivity index (χ3n) is 9.84. The first-order valence-electron chi connectivity index (χ1n) is 18.1. The van der Waals surface area contributed by atoms with Crippen LogP contribution >= 0.6 is 11.6 Å². The van der Waals surface area contributed by atoms with Crippen LogP contribution in [0.2, 0.25) is 5.02 Å². The van der Waals surface area contributed by atoms with Crippen LogP contribution in [0.15, 0.2) is 106 Å². The van der Waals surface area contributed by atoms with Crippen LogP contribution in [0.25, 0.3) is 11.1 Å². The molecule has 5 N–H and O–H groups in total. The van der Waals surface area contributed by atoms with Crippen molar-refractivity contribution in [3.05, 3.63) is 130 Å². The molecule has 4 atom stereocenters. The van der Waals surface area contributed by atoms with Gasteiger partial charge >= 0.3 is 0 Å². The summed E-state index contributed by atoms with van der Waals surface area (Å²) in [6.45, 7) is 2.40. The molecule has 0 radical (unpaired) electrons. The fourth-order valence-electron chi connectivity index (χ4n) is 6.99. The lowest BCUT2D eigenvalue weighted by Gasteiger charge is -2.28. The minimum absolute atomic E-state index is 0.0628. The molecule has 1 aromatic heterocycles. The molecule has 1 fully saturated rings. The normalized spacial score (nSPS) is 16.6. The summed E-state index contributed by atoms with van der Waals surface area (Å²) in [5.74, 6) is -1.77. The Hall–Kier alpha value is -5.36.